The Kier molecular flexibility index (Phi) is 5.28. The summed E-state index contributed by atoms with van der Waals surface area (Å²) < 4.78 is 24.2. The molecule has 0 amide bonds. The molecule has 0 radical (unpaired) electrons. The molecule has 0 fully saturated rings. The molecule has 8 heteroatoms. The molecule has 0 heterocycles. The molecule has 0 saturated heterocycles. The molecule has 0 saturated carbocycles. The van der Waals surface area contributed by atoms with Crippen LogP contribution in [0.25, 0.3) is 0 Å². The van der Waals surface area contributed by atoms with Crippen LogP contribution in [0, 0.1) is 15.9 Å². The van der Waals surface area contributed by atoms with Gasteiger partial charge in [0, 0.05) is 16.1 Å². The van der Waals surface area contributed by atoms with E-state index >= 15 is 0 Å². The number of nitrogens with zero attached hydrogens (tertiary/aromatic N) is 1. The van der Waals surface area contributed by atoms with Crippen molar-refractivity contribution in [1.29, 1.82) is 0 Å². The molecule has 0 spiro atoms. The zero-order chi connectivity index (χ0) is 17.0. The summed E-state index contributed by atoms with van der Waals surface area (Å²) in [6, 6.07) is 7.98. The molecular formula is C15H11BrFNO5. The van der Waals surface area contributed by atoms with Gasteiger partial charge < -0.3 is 9.47 Å². The number of esters is 1. The van der Waals surface area contributed by atoms with Crippen LogP contribution in [-0.2, 0) is 11.3 Å². The summed E-state index contributed by atoms with van der Waals surface area (Å²) in [7, 11) is 1.18. The number of hydrogen-bond acceptors (Lipinski definition) is 5. The highest BCUT2D eigenvalue weighted by molar-refractivity contribution is 9.10. The van der Waals surface area contributed by atoms with Crippen molar-refractivity contribution < 1.29 is 23.6 Å². The second-order valence-electron chi connectivity index (χ2n) is 4.46. The molecule has 2 aromatic rings. The second kappa shape index (κ2) is 7.19. The number of nitro groups is 1. The lowest BCUT2D eigenvalue weighted by Gasteiger charge is -2.09. The second-order valence-corrected chi connectivity index (χ2v) is 5.37. The van der Waals surface area contributed by atoms with Crippen molar-refractivity contribution in [3.8, 4) is 5.75 Å². The average Bonchev–Trinajstić information content (AvgIpc) is 2.54. The number of benzene rings is 2. The summed E-state index contributed by atoms with van der Waals surface area (Å²) in [5.74, 6) is -1.25. The molecule has 0 atom stereocenters. The Bertz CT molecular complexity index is 766. The first-order chi connectivity index (χ1) is 10.9. The van der Waals surface area contributed by atoms with E-state index < -0.39 is 22.4 Å². The van der Waals surface area contributed by atoms with Crippen LogP contribution >= 0.6 is 15.9 Å². The molecule has 2 aromatic carbocycles. The smallest absolute Gasteiger partial charge is 0.338 e. The Labute approximate surface area is 139 Å². The Balaban J connectivity index is 2.27. The van der Waals surface area contributed by atoms with Crippen molar-refractivity contribution in [3.63, 3.8) is 0 Å². The van der Waals surface area contributed by atoms with Crippen molar-refractivity contribution >= 4 is 27.6 Å². The fraction of sp³-hybridized carbons (Fsp3) is 0.133. The van der Waals surface area contributed by atoms with E-state index in [9.17, 15) is 19.3 Å². The van der Waals surface area contributed by atoms with Gasteiger partial charge in [-0.2, -0.15) is 0 Å². The average molecular weight is 384 g/mol. The first kappa shape index (κ1) is 16.9. The summed E-state index contributed by atoms with van der Waals surface area (Å²) in [6.45, 7) is -0.191. The number of ether oxygens (including phenoxy) is 2. The number of nitro benzene ring substituents is 1. The first-order valence-corrected chi connectivity index (χ1v) is 7.15. The molecule has 0 unspecified atom stereocenters. The third-order valence-corrected chi connectivity index (χ3v) is 3.46. The van der Waals surface area contributed by atoms with E-state index in [2.05, 4.69) is 20.7 Å². The standard InChI is InChI=1S/C15H11BrFNO5/c1-22-15(19)9-2-5-14(13(7-9)18(20)21)23-8-10-6-11(16)3-4-12(10)17/h2-7H,8H2,1H3. The highest BCUT2D eigenvalue weighted by Gasteiger charge is 2.19. The van der Waals surface area contributed by atoms with Crippen molar-refractivity contribution in [2.24, 2.45) is 0 Å². The molecule has 2 rings (SSSR count). The highest BCUT2D eigenvalue weighted by atomic mass is 79.9. The normalized spacial score (nSPS) is 10.2. The van der Waals surface area contributed by atoms with Crippen molar-refractivity contribution in [2.75, 3.05) is 7.11 Å². The van der Waals surface area contributed by atoms with Crippen LogP contribution < -0.4 is 4.74 Å². The van der Waals surface area contributed by atoms with Gasteiger partial charge in [-0.1, -0.05) is 15.9 Å². The van der Waals surface area contributed by atoms with E-state index in [1.807, 2.05) is 0 Å². The lowest BCUT2D eigenvalue weighted by atomic mass is 10.2. The predicted molar refractivity (Wildman–Crippen MR) is 82.9 cm³/mol. The Morgan fingerprint density at radius 3 is 2.70 bits per heavy atom. The van der Waals surface area contributed by atoms with Crippen molar-refractivity contribution in [3.05, 3.63) is 67.9 Å². The first-order valence-electron chi connectivity index (χ1n) is 6.36. The minimum Gasteiger partial charge on any atom is -0.482 e. The van der Waals surface area contributed by atoms with E-state index in [0.717, 1.165) is 6.07 Å². The maximum absolute atomic E-state index is 13.7. The molecule has 0 bridgehead atoms. The molecule has 0 aromatic heterocycles. The summed E-state index contributed by atoms with van der Waals surface area (Å²) in [6.07, 6.45) is 0. The zero-order valence-corrected chi connectivity index (χ0v) is 13.5. The van der Waals surface area contributed by atoms with Crippen LogP contribution in [0.3, 0.4) is 0 Å². The van der Waals surface area contributed by atoms with Gasteiger partial charge >= 0.3 is 11.7 Å². The number of carbonyl (C=O) groups excluding carboxylic acids is 1. The summed E-state index contributed by atoms with van der Waals surface area (Å²) in [5.41, 5.74) is -0.130. The zero-order valence-electron chi connectivity index (χ0n) is 11.9. The number of methoxy groups -OCH3 is 1. The summed E-state index contributed by atoms with van der Waals surface area (Å²) in [4.78, 5) is 21.8. The van der Waals surface area contributed by atoms with Gasteiger partial charge in [-0.15, -0.1) is 0 Å². The van der Waals surface area contributed by atoms with E-state index in [-0.39, 0.29) is 23.5 Å². The van der Waals surface area contributed by atoms with Crippen LogP contribution in [0.1, 0.15) is 15.9 Å². The fourth-order valence-corrected chi connectivity index (χ4v) is 2.24. The van der Waals surface area contributed by atoms with E-state index in [4.69, 9.17) is 4.74 Å². The number of carbonyl (C=O) groups is 1. The van der Waals surface area contributed by atoms with Crippen molar-refractivity contribution in [2.45, 2.75) is 6.61 Å². The molecule has 0 aliphatic rings. The van der Waals surface area contributed by atoms with Gasteiger partial charge in [0.05, 0.1) is 17.6 Å². The van der Waals surface area contributed by atoms with Crippen LogP contribution in [0.15, 0.2) is 40.9 Å². The molecule has 0 aliphatic carbocycles. The van der Waals surface area contributed by atoms with E-state index in [1.54, 1.807) is 0 Å². The van der Waals surface area contributed by atoms with Crippen LogP contribution in [0.5, 0.6) is 5.75 Å². The van der Waals surface area contributed by atoms with E-state index in [1.165, 1.54) is 37.4 Å². The lowest BCUT2D eigenvalue weighted by Crippen LogP contribution is -2.05. The number of hydrogen-bond donors (Lipinski definition) is 0. The summed E-state index contributed by atoms with van der Waals surface area (Å²) in [5, 5.41) is 11.1. The maximum atomic E-state index is 13.7. The third-order valence-electron chi connectivity index (χ3n) is 2.97. The minimum atomic E-state index is -0.697. The van der Waals surface area contributed by atoms with Crippen LogP contribution in [0.4, 0.5) is 10.1 Å². The quantitative estimate of drug-likeness (QED) is 0.444. The van der Waals surface area contributed by atoms with Crippen molar-refractivity contribution in [1.82, 2.24) is 0 Å². The fourth-order valence-electron chi connectivity index (χ4n) is 1.84. The Morgan fingerprint density at radius 1 is 1.30 bits per heavy atom. The van der Waals surface area contributed by atoms with Crippen LogP contribution in [0.2, 0.25) is 0 Å². The predicted octanol–water partition coefficient (Wildman–Crippen LogP) is 3.86. The molecule has 23 heavy (non-hydrogen) atoms. The van der Waals surface area contributed by atoms with Gasteiger partial charge in [-0.3, -0.25) is 10.1 Å². The van der Waals surface area contributed by atoms with Gasteiger partial charge in [0.15, 0.2) is 5.75 Å². The van der Waals surface area contributed by atoms with Gasteiger partial charge in [0.2, 0.25) is 0 Å². The monoisotopic (exact) mass is 383 g/mol. The van der Waals surface area contributed by atoms with Gasteiger partial charge in [0.25, 0.3) is 0 Å². The van der Waals surface area contributed by atoms with Crippen LogP contribution in [-0.4, -0.2) is 18.0 Å². The third kappa shape index (κ3) is 4.04. The highest BCUT2D eigenvalue weighted by Crippen LogP contribution is 2.29. The largest absolute Gasteiger partial charge is 0.482 e. The number of halogens is 2. The van der Waals surface area contributed by atoms with E-state index in [0.29, 0.717) is 4.47 Å². The molecule has 6 nitrogen and oxygen atoms in total. The van der Waals surface area contributed by atoms with Gasteiger partial charge in [-0.05, 0) is 30.3 Å². The lowest BCUT2D eigenvalue weighted by molar-refractivity contribution is -0.386. The molecular weight excluding hydrogens is 373 g/mol. The maximum Gasteiger partial charge on any atom is 0.338 e. The minimum absolute atomic E-state index is 0.0280. The van der Waals surface area contributed by atoms with Gasteiger partial charge in [-0.25, -0.2) is 9.18 Å². The summed E-state index contributed by atoms with van der Waals surface area (Å²) >= 11 is 3.21. The topological polar surface area (TPSA) is 78.7 Å². The molecule has 0 aliphatic heterocycles. The molecule has 120 valence electrons. The number of rotatable bonds is 5. The van der Waals surface area contributed by atoms with Gasteiger partial charge in [0.1, 0.15) is 12.4 Å². The molecule has 0 N–H and O–H groups in total. The SMILES string of the molecule is COC(=O)c1ccc(OCc2cc(Br)ccc2F)c([N+](=O)[O-])c1. The Hall–Kier alpha value is -2.48. The Morgan fingerprint density at radius 2 is 2.04 bits per heavy atom.